The number of aryl methyl sites for hydroxylation is 1. The predicted octanol–water partition coefficient (Wildman–Crippen LogP) is 3.75. The molecule has 0 aliphatic carbocycles. The zero-order valence-electron chi connectivity index (χ0n) is 18.6. The summed E-state index contributed by atoms with van der Waals surface area (Å²) in [4.78, 5) is 40.7. The van der Waals surface area contributed by atoms with E-state index in [9.17, 15) is 19.6 Å². The number of esters is 1. The molecule has 1 N–H and O–H groups in total. The van der Waals surface area contributed by atoms with Crippen molar-refractivity contribution in [3.8, 4) is 6.07 Å². The third-order valence-electron chi connectivity index (χ3n) is 5.90. The highest BCUT2D eigenvalue weighted by molar-refractivity contribution is 7.10. The van der Waals surface area contributed by atoms with E-state index in [0.29, 0.717) is 5.69 Å². The van der Waals surface area contributed by atoms with E-state index in [4.69, 9.17) is 4.74 Å². The number of thiophene rings is 1. The van der Waals surface area contributed by atoms with Crippen LogP contribution in [0, 0.1) is 30.1 Å². The van der Waals surface area contributed by atoms with Crippen LogP contribution in [0.4, 0.5) is 5.69 Å². The number of hydrogen-bond acceptors (Lipinski definition) is 6. The second kappa shape index (κ2) is 9.53. The van der Waals surface area contributed by atoms with Gasteiger partial charge >= 0.3 is 5.97 Å². The summed E-state index contributed by atoms with van der Waals surface area (Å²) < 4.78 is 5.30. The van der Waals surface area contributed by atoms with E-state index in [1.54, 1.807) is 11.8 Å². The third-order valence-corrected chi connectivity index (χ3v) is 6.85. The van der Waals surface area contributed by atoms with Gasteiger partial charge in [-0.3, -0.25) is 14.4 Å². The van der Waals surface area contributed by atoms with Crippen LogP contribution in [-0.2, 0) is 19.1 Å². The Hall–Kier alpha value is -3.18. The Kier molecular flexibility index (Phi) is 6.99. The molecule has 0 unspecified atom stereocenters. The topological polar surface area (TPSA) is 99.5 Å². The van der Waals surface area contributed by atoms with E-state index in [0.717, 1.165) is 10.4 Å². The lowest BCUT2D eigenvalue weighted by Gasteiger charge is -2.28. The fourth-order valence-electron chi connectivity index (χ4n) is 3.61. The van der Waals surface area contributed by atoms with Gasteiger partial charge in [0.1, 0.15) is 5.54 Å². The highest BCUT2D eigenvalue weighted by atomic mass is 32.1. The number of benzene rings is 1. The molecule has 8 heteroatoms. The fraction of sp³-hybridized carbons (Fsp3) is 0.417. The first-order valence-corrected chi connectivity index (χ1v) is 11.3. The van der Waals surface area contributed by atoms with E-state index in [1.807, 2.05) is 62.5 Å². The van der Waals surface area contributed by atoms with Crippen LogP contribution < -0.4 is 10.2 Å². The van der Waals surface area contributed by atoms with Gasteiger partial charge < -0.3 is 15.0 Å². The normalized spacial score (nSPS) is 20.0. The van der Waals surface area contributed by atoms with Gasteiger partial charge in [-0.15, -0.1) is 11.3 Å². The van der Waals surface area contributed by atoms with E-state index in [-0.39, 0.29) is 18.2 Å². The summed E-state index contributed by atoms with van der Waals surface area (Å²) in [5.41, 5.74) is 0.726. The molecule has 1 fully saturated rings. The number of anilines is 1. The van der Waals surface area contributed by atoms with Gasteiger partial charge in [0.2, 0.25) is 5.91 Å². The first kappa shape index (κ1) is 23.5. The van der Waals surface area contributed by atoms with Crippen LogP contribution in [0.3, 0.4) is 0 Å². The average molecular weight is 454 g/mol. The molecule has 2 amide bonds. The van der Waals surface area contributed by atoms with Gasteiger partial charge in [-0.25, -0.2) is 0 Å². The Morgan fingerprint density at radius 3 is 2.56 bits per heavy atom. The molecule has 0 bridgehead atoms. The van der Waals surface area contributed by atoms with Crippen LogP contribution in [0.5, 0.6) is 0 Å². The Morgan fingerprint density at radius 2 is 2.00 bits per heavy atom. The van der Waals surface area contributed by atoms with E-state index < -0.39 is 36.0 Å². The standard InChI is InChI=1S/C24H27N3O4S/c1-15(2)24(4,14-25)26-20(28)13-31-23(30)18-12-21(29)27(17-9-7-16(3)8-10-17)22(18)19-6-5-11-32-19/h5-11,15,18,22H,12-13H2,1-4H3,(H,26,28)/t18-,22+,24-/m0/s1. The van der Waals surface area contributed by atoms with Crippen LogP contribution >= 0.6 is 11.3 Å². The molecule has 2 heterocycles. The van der Waals surface area contributed by atoms with Gasteiger partial charge in [-0.1, -0.05) is 37.6 Å². The maximum atomic E-state index is 13.0. The second-order valence-corrected chi connectivity index (χ2v) is 9.47. The molecule has 7 nitrogen and oxygen atoms in total. The van der Waals surface area contributed by atoms with Gasteiger partial charge in [-0.05, 0) is 43.3 Å². The van der Waals surface area contributed by atoms with Crippen LogP contribution in [0.1, 0.15) is 43.7 Å². The largest absolute Gasteiger partial charge is 0.455 e. The number of rotatable bonds is 7. The van der Waals surface area contributed by atoms with Crippen molar-refractivity contribution in [2.75, 3.05) is 11.5 Å². The number of amides is 2. The number of hydrogen-bond donors (Lipinski definition) is 1. The number of nitrogens with one attached hydrogen (secondary N) is 1. The Balaban J connectivity index is 1.77. The molecule has 1 aliphatic heterocycles. The predicted molar refractivity (Wildman–Crippen MR) is 122 cm³/mol. The lowest BCUT2D eigenvalue weighted by atomic mass is 9.90. The monoisotopic (exact) mass is 453 g/mol. The number of nitrogens with zero attached hydrogens (tertiary/aromatic N) is 2. The van der Waals surface area contributed by atoms with Crippen LogP contribution in [0.2, 0.25) is 0 Å². The molecule has 2 aromatic rings. The molecule has 1 aliphatic rings. The molecule has 32 heavy (non-hydrogen) atoms. The lowest BCUT2D eigenvalue weighted by molar-refractivity contribution is -0.153. The van der Waals surface area contributed by atoms with Crippen molar-refractivity contribution in [2.45, 2.75) is 45.7 Å². The van der Waals surface area contributed by atoms with Crippen molar-refractivity contribution in [1.82, 2.24) is 5.32 Å². The lowest BCUT2D eigenvalue weighted by Crippen LogP contribution is -2.50. The number of ether oxygens (including phenoxy) is 1. The van der Waals surface area contributed by atoms with Gasteiger partial charge in [-0.2, -0.15) is 5.26 Å². The molecule has 0 saturated carbocycles. The molecule has 168 valence electrons. The Morgan fingerprint density at radius 1 is 1.31 bits per heavy atom. The van der Waals surface area contributed by atoms with Gasteiger partial charge in [0.25, 0.3) is 5.91 Å². The molecule has 1 saturated heterocycles. The summed E-state index contributed by atoms with van der Waals surface area (Å²) >= 11 is 1.47. The van der Waals surface area contributed by atoms with Gasteiger partial charge in [0.05, 0.1) is 18.0 Å². The maximum Gasteiger partial charge on any atom is 0.312 e. The SMILES string of the molecule is Cc1ccc(N2C(=O)C[C@H](C(=O)OCC(=O)N[C@@](C)(C#N)C(C)C)[C@@H]2c2cccs2)cc1. The summed E-state index contributed by atoms with van der Waals surface area (Å²) in [7, 11) is 0. The molecule has 3 rings (SSSR count). The van der Waals surface area contributed by atoms with E-state index in [2.05, 4.69) is 11.4 Å². The smallest absolute Gasteiger partial charge is 0.312 e. The molecule has 1 aromatic carbocycles. The molecule has 0 spiro atoms. The minimum atomic E-state index is -1.06. The van der Waals surface area contributed by atoms with Crippen molar-refractivity contribution >= 4 is 34.8 Å². The molecule has 3 atom stereocenters. The Labute approximate surface area is 192 Å². The van der Waals surface area contributed by atoms with Gasteiger partial charge in [0.15, 0.2) is 6.61 Å². The molecule has 0 radical (unpaired) electrons. The van der Waals surface area contributed by atoms with Crippen LogP contribution in [0.25, 0.3) is 0 Å². The number of carbonyl (C=O) groups excluding carboxylic acids is 3. The van der Waals surface area contributed by atoms with Crippen LogP contribution in [0.15, 0.2) is 41.8 Å². The van der Waals surface area contributed by atoms with Crippen molar-refractivity contribution in [3.63, 3.8) is 0 Å². The van der Waals surface area contributed by atoms with Crippen LogP contribution in [-0.4, -0.2) is 29.9 Å². The summed E-state index contributed by atoms with van der Waals surface area (Å²) in [5, 5.41) is 13.9. The minimum Gasteiger partial charge on any atom is -0.455 e. The van der Waals surface area contributed by atoms with E-state index in [1.165, 1.54) is 11.3 Å². The fourth-order valence-corrected chi connectivity index (χ4v) is 4.49. The summed E-state index contributed by atoms with van der Waals surface area (Å²) in [6, 6.07) is 12.9. The quantitative estimate of drug-likeness (QED) is 0.644. The average Bonchev–Trinajstić information content (AvgIpc) is 3.40. The zero-order chi connectivity index (χ0) is 23.5. The summed E-state index contributed by atoms with van der Waals surface area (Å²) in [6.07, 6.45) is -0.00119. The first-order chi connectivity index (χ1) is 15.2. The number of nitriles is 1. The minimum absolute atomic E-state index is 0.00119. The Bertz CT molecular complexity index is 1030. The van der Waals surface area contributed by atoms with Crippen molar-refractivity contribution < 1.29 is 19.1 Å². The van der Waals surface area contributed by atoms with E-state index >= 15 is 0 Å². The first-order valence-electron chi connectivity index (χ1n) is 10.5. The molecular formula is C24H27N3O4S. The molecule has 1 aromatic heterocycles. The van der Waals surface area contributed by atoms with Crippen molar-refractivity contribution in [3.05, 3.63) is 52.2 Å². The highest BCUT2D eigenvalue weighted by Crippen LogP contribution is 2.43. The van der Waals surface area contributed by atoms with Crippen molar-refractivity contribution in [1.29, 1.82) is 5.26 Å². The zero-order valence-corrected chi connectivity index (χ0v) is 19.4. The highest BCUT2D eigenvalue weighted by Gasteiger charge is 2.46. The summed E-state index contributed by atoms with van der Waals surface area (Å²) in [5.74, 6) is -2.18. The van der Waals surface area contributed by atoms with Crippen molar-refractivity contribution in [2.24, 2.45) is 11.8 Å². The third kappa shape index (κ3) is 4.83. The second-order valence-electron chi connectivity index (χ2n) is 8.49. The van der Waals surface area contributed by atoms with Gasteiger partial charge in [0, 0.05) is 17.0 Å². The summed E-state index contributed by atoms with van der Waals surface area (Å²) in [6.45, 7) is 6.73. The number of carbonyl (C=O) groups is 3. The molecular weight excluding hydrogens is 426 g/mol. The maximum absolute atomic E-state index is 13.0.